The van der Waals surface area contributed by atoms with E-state index in [0.717, 1.165) is 11.5 Å². The van der Waals surface area contributed by atoms with E-state index in [2.05, 4.69) is 36.4 Å². The number of carbonyl (C=O) groups excluding carboxylic acids is 1. The topological polar surface area (TPSA) is 63.2 Å². The number of aromatic nitrogens is 1. The lowest BCUT2D eigenvalue weighted by atomic mass is 9.87. The van der Waals surface area contributed by atoms with Gasteiger partial charge in [0.15, 0.2) is 0 Å². The first-order valence-electron chi connectivity index (χ1n) is 8.01. The maximum absolute atomic E-state index is 12.3. The average molecular weight is 327 g/mol. The standard InChI is InChI=1S/C19H25N3O2/c1-19(2,3)15-6-8-16(9-7-15)22-18(23)14-5-10-17(21-13-14)20-11-12-24-4/h5-10,13H,11-12H2,1-4H3,(H,20,21)(H,22,23). The highest BCUT2D eigenvalue weighted by molar-refractivity contribution is 6.04. The smallest absolute Gasteiger partial charge is 0.257 e. The first-order chi connectivity index (χ1) is 11.4. The normalized spacial score (nSPS) is 11.2. The van der Waals surface area contributed by atoms with Crippen LogP contribution in [0.5, 0.6) is 0 Å². The molecule has 0 aliphatic rings. The number of carbonyl (C=O) groups is 1. The van der Waals surface area contributed by atoms with E-state index in [9.17, 15) is 4.79 Å². The molecule has 2 aromatic rings. The van der Waals surface area contributed by atoms with Gasteiger partial charge in [-0.3, -0.25) is 4.79 Å². The number of benzene rings is 1. The molecule has 2 N–H and O–H groups in total. The summed E-state index contributed by atoms with van der Waals surface area (Å²) in [5, 5.41) is 6.00. The van der Waals surface area contributed by atoms with Gasteiger partial charge >= 0.3 is 0 Å². The molecule has 1 amide bonds. The van der Waals surface area contributed by atoms with Crippen molar-refractivity contribution in [3.63, 3.8) is 0 Å². The van der Waals surface area contributed by atoms with Crippen LogP contribution in [0, 0.1) is 0 Å². The molecule has 0 radical (unpaired) electrons. The van der Waals surface area contributed by atoms with Crippen LogP contribution < -0.4 is 10.6 Å². The van der Waals surface area contributed by atoms with Gasteiger partial charge in [-0.25, -0.2) is 4.98 Å². The Morgan fingerprint density at radius 1 is 1.12 bits per heavy atom. The lowest BCUT2D eigenvalue weighted by Gasteiger charge is -2.19. The summed E-state index contributed by atoms with van der Waals surface area (Å²) in [6, 6.07) is 11.5. The monoisotopic (exact) mass is 327 g/mol. The number of rotatable bonds is 6. The third-order valence-corrected chi connectivity index (χ3v) is 3.65. The average Bonchev–Trinajstić information content (AvgIpc) is 2.55. The van der Waals surface area contributed by atoms with Crippen LogP contribution in [0.25, 0.3) is 0 Å². The summed E-state index contributed by atoms with van der Waals surface area (Å²) < 4.78 is 4.97. The summed E-state index contributed by atoms with van der Waals surface area (Å²) in [6.45, 7) is 7.76. The second kappa shape index (κ2) is 7.93. The van der Waals surface area contributed by atoms with Crippen molar-refractivity contribution in [1.29, 1.82) is 0 Å². The predicted molar refractivity (Wildman–Crippen MR) is 97.7 cm³/mol. The molecular weight excluding hydrogens is 302 g/mol. The minimum absolute atomic E-state index is 0.0953. The summed E-state index contributed by atoms with van der Waals surface area (Å²) in [5.74, 6) is 0.549. The quantitative estimate of drug-likeness (QED) is 0.794. The number of hydrogen-bond acceptors (Lipinski definition) is 4. The second-order valence-electron chi connectivity index (χ2n) is 6.63. The molecule has 5 nitrogen and oxygen atoms in total. The van der Waals surface area contributed by atoms with E-state index < -0.39 is 0 Å². The number of nitrogens with one attached hydrogen (secondary N) is 2. The van der Waals surface area contributed by atoms with Gasteiger partial charge in [0.2, 0.25) is 0 Å². The van der Waals surface area contributed by atoms with E-state index in [1.165, 1.54) is 5.56 Å². The zero-order valence-corrected chi connectivity index (χ0v) is 14.7. The molecule has 2 rings (SSSR count). The van der Waals surface area contributed by atoms with Crippen molar-refractivity contribution in [1.82, 2.24) is 4.98 Å². The highest BCUT2D eigenvalue weighted by Gasteiger charge is 2.13. The number of methoxy groups -OCH3 is 1. The number of hydrogen-bond donors (Lipinski definition) is 2. The van der Waals surface area contributed by atoms with Crippen LogP contribution in [-0.4, -0.2) is 31.2 Å². The van der Waals surface area contributed by atoms with Gasteiger partial charge in [0.05, 0.1) is 12.2 Å². The van der Waals surface area contributed by atoms with Gasteiger partial charge < -0.3 is 15.4 Å². The van der Waals surface area contributed by atoms with Crippen LogP contribution >= 0.6 is 0 Å². The van der Waals surface area contributed by atoms with Crippen molar-refractivity contribution in [2.75, 3.05) is 30.9 Å². The molecule has 0 spiro atoms. The molecule has 0 atom stereocenters. The molecule has 0 fully saturated rings. The molecule has 1 heterocycles. The lowest BCUT2D eigenvalue weighted by molar-refractivity contribution is 0.102. The van der Waals surface area contributed by atoms with E-state index in [4.69, 9.17) is 4.74 Å². The van der Waals surface area contributed by atoms with Gasteiger partial charge in [0.25, 0.3) is 5.91 Å². The highest BCUT2D eigenvalue weighted by atomic mass is 16.5. The molecule has 24 heavy (non-hydrogen) atoms. The fraction of sp³-hybridized carbons (Fsp3) is 0.368. The summed E-state index contributed by atoms with van der Waals surface area (Å²) in [5.41, 5.74) is 2.62. The maximum atomic E-state index is 12.3. The maximum Gasteiger partial charge on any atom is 0.257 e. The minimum Gasteiger partial charge on any atom is -0.383 e. The molecule has 1 aromatic heterocycles. The second-order valence-corrected chi connectivity index (χ2v) is 6.63. The van der Waals surface area contributed by atoms with Gasteiger partial charge in [-0.2, -0.15) is 0 Å². The van der Waals surface area contributed by atoms with Crippen LogP contribution in [0.2, 0.25) is 0 Å². The summed E-state index contributed by atoms with van der Waals surface area (Å²) in [7, 11) is 1.65. The molecule has 5 heteroatoms. The molecule has 0 saturated heterocycles. The van der Waals surface area contributed by atoms with Gasteiger partial charge in [-0.15, -0.1) is 0 Å². The highest BCUT2D eigenvalue weighted by Crippen LogP contribution is 2.23. The van der Waals surface area contributed by atoms with Gasteiger partial charge in [0, 0.05) is 25.5 Å². The van der Waals surface area contributed by atoms with Crippen LogP contribution in [0.3, 0.4) is 0 Å². The molecule has 128 valence electrons. The molecule has 0 saturated carbocycles. The van der Waals surface area contributed by atoms with Crippen molar-refractivity contribution in [3.8, 4) is 0 Å². The van der Waals surface area contributed by atoms with Gasteiger partial charge in [-0.05, 0) is 35.2 Å². The number of nitrogens with zero attached hydrogens (tertiary/aromatic N) is 1. The zero-order chi connectivity index (χ0) is 17.6. The van der Waals surface area contributed by atoms with E-state index in [1.807, 2.05) is 24.3 Å². The molecule has 0 aliphatic heterocycles. The van der Waals surface area contributed by atoms with Crippen molar-refractivity contribution in [2.45, 2.75) is 26.2 Å². The van der Waals surface area contributed by atoms with Crippen LogP contribution in [0.1, 0.15) is 36.7 Å². The van der Waals surface area contributed by atoms with Crippen LogP contribution in [0.15, 0.2) is 42.6 Å². The van der Waals surface area contributed by atoms with Crippen molar-refractivity contribution in [2.24, 2.45) is 0 Å². The Bertz CT molecular complexity index is 659. The molecular formula is C19H25N3O2. The van der Waals surface area contributed by atoms with Crippen LogP contribution in [-0.2, 0) is 10.2 Å². The van der Waals surface area contributed by atoms with Crippen LogP contribution in [0.4, 0.5) is 11.5 Å². The summed E-state index contributed by atoms with van der Waals surface area (Å²) in [6.07, 6.45) is 1.56. The third-order valence-electron chi connectivity index (χ3n) is 3.65. The Kier molecular flexibility index (Phi) is 5.93. The fourth-order valence-electron chi connectivity index (χ4n) is 2.17. The fourth-order valence-corrected chi connectivity index (χ4v) is 2.17. The first kappa shape index (κ1) is 17.9. The zero-order valence-electron chi connectivity index (χ0n) is 14.7. The number of amides is 1. The number of anilines is 2. The predicted octanol–water partition coefficient (Wildman–Crippen LogP) is 3.69. The van der Waals surface area contributed by atoms with E-state index >= 15 is 0 Å². The Labute approximate surface area is 143 Å². The lowest BCUT2D eigenvalue weighted by Crippen LogP contribution is -2.14. The Morgan fingerprint density at radius 2 is 1.83 bits per heavy atom. The molecule has 0 unspecified atom stereocenters. The van der Waals surface area contributed by atoms with E-state index in [-0.39, 0.29) is 11.3 Å². The van der Waals surface area contributed by atoms with Gasteiger partial charge in [0.1, 0.15) is 5.82 Å². The number of ether oxygens (including phenoxy) is 1. The Morgan fingerprint density at radius 3 is 2.38 bits per heavy atom. The van der Waals surface area contributed by atoms with E-state index in [0.29, 0.717) is 18.7 Å². The largest absolute Gasteiger partial charge is 0.383 e. The van der Waals surface area contributed by atoms with Crippen molar-refractivity contribution < 1.29 is 9.53 Å². The number of pyridine rings is 1. The Hall–Kier alpha value is -2.40. The summed E-state index contributed by atoms with van der Waals surface area (Å²) >= 11 is 0. The van der Waals surface area contributed by atoms with E-state index in [1.54, 1.807) is 25.4 Å². The molecule has 0 aliphatic carbocycles. The molecule has 0 bridgehead atoms. The third kappa shape index (κ3) is 5.06. The SMILES string of the molecule is COCCNc1ccc(C(=O)Nc2ccc(C(C)(C)C)cc2)cn1. The summed E-state index contributed by atoms with van der Waals surface area (Å²) in [4.78, 5) is 16.5. The minimum atomic E-state index is -0.172. The van der Waals surface area contributed by atoms with Crippen molar-refractivity contribution in [3.05, 3.63) is 53.7 Å². The first-order valence-corrected chi connectivity index (χ1v) is 8.01. The van der Waals surface area contributed by atoms with Crippen molar-refractivity contribution >= 4 is 17.4 Å². The van der Waals surface area contributed by atoms with Gasteiger partial charge in [-0.1, -0.05) is 32.9 Å². The molecule has 1 aromatic carbocycles. The Balaban J connectivity index is 1.96.